The van der Waals surface area contributed by atoms with Gasteiger partial charge in [0.15, 0.2) is 11.1 Å². The first kappa shape index (κ1) is 31.7. The molecule has 0 radical (unpaired) electrons. The van der Waals surface area contributed by atoms with Crippen molar-refractivity contribution in [3.63, 3.8) is 0 Å². The molecule has 0 aromatic heterocycles. The van der Waals surface area contributed by atoms with Gasteiger partial charge in [-0.15, -0.1) is 0 Å². The van der Waals surface area contributed by atoms with Gasteiger partial charge in [-0.05, 0) is 52.0 Å². The highest BCUT2D eigenvalue weighted by atomic mass is 16.5. The van der Waals surface area contributed by atoms with E-state index in [2.05, 4.69) is 10.2 Å². The van der Waals surface area contributed by atoms with Gasteiger partial charge in [-0.2, -0.15) is 30.3 Å². The Morgan fingerprint density at radius 1 is 0.643 bits per heavy atom. The van der Waals surface area contributed by atoms with Gasteiger partial charge in [-0.1, -0.05) is 36.4 Å². The van der Waals surface area contributed by atoms with Crippen LogP contribution in [0.4, 0.5) is 21.0 Å². The number of hydroxylamine groups is 4. The van der Waals surface area contributed by atoms with Crippen molar-refractivity contribution < 1.29 is 29.6 Å². The zero-order valence-electron chi connectivity index (χ0n) is 24.9. The molecule has 0 spiro atoms. The summed E-state index contributed by atoms with van der Waals surface area (Å²) in [4.78, 5) is 51.6. The number of carbonyl (C=O) groups is 4. The molecule has 0 saturated carbocycles. The number of hydrogen-bond donors (Lipinski definition) is 2. The molecule has 4 rings (SSSR count). The Morgan fingerprint density at radius 2 is 0.929 bits per heavy atom. The molecule has 2 aliphatic rings. The van der Waals surface area contributed by atoms with Crippen LogP contribution in [0.15, 0.2) is 70.9 Å². The third-order valence-electron chi connectivity index (χ3n) is 7.10. The van der Waals surface area contributed by atoms with Gasteiger partial charge in [-0.3, -0.25) is 20.0 Å². The smallest absolute Gasteiger partial charge is 0.329 e. The molecule has 14 nitrogen and oxygen atoms in total. The Bertz CT molecular complexity index is 1310. The van der Waals surface area contributed by atoms with E-state index in [0.29, 0.717) is 32.9 Å². The van der Waals surface area contributed by atoms with Crippen molar-refractivity contribution >= 4 is 46.7 Å². The summed E-state index contributed by atoms with van der Waals surface area (Å²) in [5.74, 6) is -0.965. The van der Waals surface area contributed by atoms with Crippen molar-refractivity contribution in [3.8, 4) is 0 Å². The highest BCUT2D eigenvalue weighted by Gasteiger charge is 2.54. The van der Waals surface area contributed by atoms with E-state index in [0.717, 1.165) is 0 Å². The van der Waals surface area contributed by atoms with Gasteiger partial charge >= 0.3 is 12.1 Å². The standard InChI is InChI=1S/2C14H18N4O3/c2*1-10-14(2,18(21)13(20)16(3)4)12(19)17(15-10)11-8-6-5-7-9-11/h2*5-9,21H,1-4H3/t2*14-/m11/s1. The van der Waals surface area contributed by atoms with Crippen LogP contribution >= 0.6 is 0 Å². The molecule has 2 aliphatic heterocycles. The first-order chi connectivity index (χ1) is 19.6. The maximum absolute atomic E-state index is 12.6. The molecule has 2 aromatic rings. The largest absolute Gasteiger partial charge is 0.344 e. The Labute approximate surface area is 244 Å². The lowest BCUT2D eigenvalue weighted by Gasteiger charge is -2.33. The molecule has 2 atom stereocenters. The Kier molecular flexibility index (Phi) is 9.03. The van der Waals surface area contributed by atoms with Crippen molar-refractivity contribution in [2.75, 3.05) is 38.2 Å². The van der Waals surface area contributed by atoms with Gasteiger partial charge in [0.05, 0.1) is 22.8 Å². The second kappa shape index (κ2) is 12.0. The predicted octanol–water partition coefficient (Wildman–Crippen LogP) is 3.08. The molecule has 0 unspecified atom stereocenters. The van der Waals surface area contributed by atoms with Crippen LogP contribution in [0.2, 0.25) is 0 Å². The molecule has 0 bridgehead atoms. The first-order valence-corrected chi connectivity index (χ1v) is 12.9. The Balaban J connectivity index is 0.000000230. The predicted molar refractivity (Wildman–Crippen MR) is 156 cm³/mol. The van der Waals surface area contributed by atoms with Crippen LogP contribution in [0.1, 0.15) is 27.7 Å². The van der Waals surface area contributed by atoms with Crippen molar-refractivity contribution in [2.45, 2.75) is 38.8 Å². The molecular weight excluding hydrogens is 544 g/mol. The minimum Gasteiger partial charge on any atom is -0.329 e. The maximum Gasteiger partial charge on any atom is 0.344 e. The molecular formula is C28H36N8O6. The highest BCUT2D eigenvalue weighted by molar-refractivity contribution is 6.23. The Morgan fingerprint density at radius 3 is 1.19 bits per heavy atom. The molecule has 224 valence electrons. The molecule has 6 amide bonds. The van der Waals surface area contributed by atoms with Crippen LogP contribution in [-0.4, -0.2) is 105 Å². The van der Waals surface area contributed by atoms with Gasteiger partial charge in [0.2, 0.25) is 0 Å². The third kappa shape index (κ3) is 5.41. The van der Waals surface area contributed by atoms with Crippen LogP contribution in [0.25, 0.3) is 0 Å². The Hall–Kier alpha value is -4.82. The summed E-state index contributed by atoms with van der Waals surface area (Å²) < 4.78 is 0. The van der Waals surface area contributed by atoms with Crippen molar-refractivity contribution in [3.05, 3.63) is 60.7 Å². The fourth-order valence-electron chi connectivity index (χ4n) is 4.05. The summed E-state index contributed by atoms with van der Waals surface area (Å²) in [6, 6.07) is 16.3. The lowest BCUT2D eigenvalue weighted by Crippen LogP contribution is -2.59. The van der Waals surface area contributed by atoms with Crippen LogP contribution in [0.3, 0.4) is 0 Å². The lowest BCUT2D eigenvalue weighted by molar-refractivity contribution is -0.144. The summed E-state index contributed by atoms with van der Waals surface area (Å²) >= 11 is 0. The van der Waals surface area contributed by atoms with E-state index in [1.165, 1.54) is 61.9 Å². The zero-order valence-corrected chi connectivity index (χ0v) is 24.9. The number of benzene rings is 2. The number of para-hydroxylation sites is 2. The van der Waals surface area contributed by atoms with E-state index in [-0.39, 0.29) is 0 Å². The molecule has 2 heterocycles. The summed E-state index contributed by atoms with van der Waals surface area (Å²) in [5, 5.41) is 31.9. The molecule has 0 aliphatic carbocycles. The minimum absolute atomic E-state index is 0.342. The number of hydrazone groups is 2. The number of anilines is 2. The van der Waals surface area contributed by atoms with Gasteiger partial charge < -0.3 is 9.80 Å². The van der Waals surface area contributed by atoms with Crippen LogP contribution in [-0.2, 0) is 9.59 Å². The summed E-state index contributed by atoms with van der Waals surface area (Å²) in [7, 11) is 5.98. The quantitative estimate of drug-likeness (QED) is 0.419. The second-order valence-corrected chi connectivity index (χ2v) is 10.4. The fraction of sp³-hybridized carbons (Fsp3) is 0.357. The van der Waals surface area contributed by atoms with Crippen molar-refractivity contribution in [1.82, 2.24) is 19.9 Å². The maximum atomic E-state index is 12.6. The van der Waals surface area contributed by atoms with E-state index in [1.807, 2.05) is 12.1 Å². The van der Waals surface area contributed by atoms with Gasteiger partial charge in [0.25, 0.3) is 11.8 Å². The minimum atomic E-state index is -1.52. The topological polar surface area (TPSA) is 153 Å². The second-order valence-electron chi connectivity index (χ2n) is 10.4. The number of urea groups is 2. The fourth-order valence-corrected chi connectivity index (χ4v) is 4.05. The molecule has 42 heavy (non-hydrogen) atoms. The average Bonchev–Trinajstić information content (AvgIpc) is 3.36. The monoisotopic (exact) mass is 580 g/mol. The van der Waals surface area contributed by atoms with E-state index in [1.54, 1.807) is 62.4 Å². The number of nitrogens with zero attached hydrogens (tertiary/aromatic N) is 8. The van der Waals surface area contributed by atoms with Gasteiger partial charge in [0, 0.05) is 28.2 Å². The average molecular weight is 581 g/mol. The molecule has 0 fully saturated rings. The number of rotatable bonds is 4. The zero-order chi connectivity index (χ0) is 31.6. The van der Waals surface area contributed by atoms with Crippen molar-refractivity contribution in [1.29, 1.82) is 0 Å². The normalized spacial score (nSPS) is 21.3. The molecule has 0 saturated heterocycles. The van der Waals surface area contributed by atoms with Crippen LogP contribution in [0, 0.1) is 0 Å². The van der Waals surface area contributed by atoms with E-state index >= 15 is 0 Å². The SMILES string of the molecule is CC1=NN(c2ccccc2)C(=O)[C@]1(C)N(O)C(=O)N(C)C.CC1=NN(c2ccccc2)C(=O)[C@]1(C)N(O)C(=O)N(C)C. The molecule has 2 aromatic carbocycles. The highest BCUT2D eigenvalue weighted by Crippen LogP contribution is 2.31. The van der Waals surface area contributed by atoms with E-state index in [9.17, 15) is 29.6 Å². The lowest BCUT2D eigenvalue weighted by atomic mass is 9.96. The van der Waals surface area contributed by atoms with E-state index < -0.39 is 35.0 Å². The molecule has 2 N–H and O–H groups in total. The summed E-state index contributed by atoms with van der Waals surface area (Å²) in [6.07, 6.45) is 0. The number of hydrogen-bond acceptors (Lipinski definition) is 8. The van der Waals surface area contributed by atoms with E-state index in [4.69, 9.17) is 0 Å². The molecule has 14 heteroatoms. The van der Waals surface area contributed by atoms with Crippen LogP contribution in [0.5, 0.6) is 0 Å². The van der Waals surface area contributed by atoms with Gasteiger partial charge in [0.1, 0.15) is 0 Å². The first-order valence-electron chi connectivity index (χ1n) is 12.9. The summed E-state index contributed by atoms with van der Waals surface area (Å²) in [6.45, 7) is 6.15. The van der Waals surface area contributed by atoms with Crippen molar-refractivity contribution in [2.24, 2.45) is 10.2 Å². The van der Waals surface area contributed by atoms with Gasteiger partial charge in [-0.25, -0.2) is 9.59 Å². The number of carbonyl (C=O) groups excluding carboxylic acids is 4. The number of amides is 6. The summed E-state index contributed by atoms with van der Waals surface area (Å²) in [5.41, 5.74) is -1.19. The van der Waals surface area contributed by atoms with Crippen LogP contribution < -0.4 is 10.0 Å². The third-order valence-corrected chi connectivity index (χ3v) is 7.10.